The molecule has 2 N–H and O–H groups in total. The van der Waals surface area contributed by atoms with Crippen molar-refractivity contribution in [2.75, 3.05) is 12.3 Å². The van der Waals surface area contributed by atoms with E-state index in [1.54, 1.807) is 12.3 Å². The molecule has 0 spiro atoms. The molecule has 4 heteroatoms. The Morgan fingerprint density at radius 2 is 2.10 bits per heavy atom. The number of amides is 1. The topological polar surface area (TPSA) is 59.2 Å². The van der Waals surface area contributed by atoms with Crippen molar-refractivity contribution in [1.29, 1.82) is 0 Å². The second-order valence-corrected chi connectivity index (χ2v) is 6.14. The van der Waals surface area contributed by atoms with Gasteiger partial charge in [0.25, 0.3) is 0 Å². The van der Waals surface area contributed by atoms with Crippen molar-refractivity contribution in [3.05, 3.63) is 24.0 Å². The Hall–Kier alpha value is -1.58. The summed E-state index contributed by atoms with van der Waals surface area (Å²) in [5, 5.41) is 0. The maximum atomic E-state index is 12.6. The standard InChI is InChI=1S/C16H25N3O/c1-12(2)11-19(15-5-3-4-6-15)16(20)9-14-8-7-13(17)10-18-14/h7-8,10,12,15H,3-6,9,11,17H2,1-2H3. The molecule has 1 aromatic rings. The molecule has 1 aliphatic carbocycles. The summed E-state index contributed by atoms with van der Waals surface area (Å²) in [5.74, 6) is 0.696. The van der Waals surface area contributed by atoms with Gasteiger partial charge >= 0.3 is 0 Å². The lowest BCUT2D eigenvalue weighted by Crippen LogP contribution is -2.42. The molecule has 20 heavy (non-hydrogen) atoms. The molecule has 1 fully saturated rings. The van der Waals surface area contributed by atoms with E-state index in [0.29, 0.717) is 24.1 Å². The van der Waals surface area contributed by atoms with E-state index >= 15 is 0 Å². The van der Waals surface area contributed by atoms with Gasteiger partial charge < -0.3 is 10.6 Å². The minimum atomic E-state index is 0.197. The third-order valence-corrected chi connectivity index (χ3v) is 3.83. The lowest BCUT2D eigenvalue weighted by Gasteiger charge is -2.30. The van der Waals surface area contributed by atoms with Gasteiger partial charge in [0.15, 0.2) is 0 Å². The average molecular weight is 275 g/mol. The number of nitrogens with zero attached hydrogens (tertiary/aromatic N) is 2. The minimum absolute atomic E-state index is 0.197. The summed E-state index contributed by atoms with van der Waals surface area (Å²) < 4.78 is 0. The predicted molar refractivity (Wildman–Crippen MR) is 81.2 cm³/mol. The van der Waals surface area contributed by atoms with Gasteiger partial charge in [-0.15, -0.1) is 0 Å². The van der Waals surface area contributed by atoms with E-state index in [0.717, 1.165) is 25.1 Å². The summed E-state index contributed by atoms with van der Waals surface area (Å²) in [5.41, 5.74) is 7.06. The number of nitrogen functional groups attached to an aromatic ring is 1. The number of aromatic nitrogens is 1. The van der Waals surface area contributed by atoms with Crippen molar-refractivity contribution in [2.24, 2.45) is 5.92 Å². The van der Waals surface area contributed by atoms with Crippen LogP contribution in [0.3, 0.4) is 0 Å². The van der Waals surface area contributed by atoms with Gasteiger partial charge in [0.05, 0.1) is 18.3 Å². The van der Waals surface area contributed by atoms with E-state index < -0.39 is 0 Å². The van der Waals surface area contributed by atoms with Gasteiger partial charge in [-0.05, 0) is 30.9 Å². The van der Waals surface area contributed by atoms with E-state index in [9.17, 15) is 4.79 Å². The summed E-state index contributed by atoms with van der Waals surface area (Å²) in [4.78, 5) is 18.9. The van der Waals surface area contributed by atoms with Crippen LogP contribution in [0.4, 0.5) is 5.69 Å². The van der Waals surface area contributed by atoms with Crippen molar-refractivity contribution in [1.82, 2.24) is 9.88 Å². The Kier molecular flexibility index (Phi) is 4.99. The predicted octanol–water partition coefficient (Wildman–Crippen LogP) is 2.63. The zero-order valence-corrected chi connectivity index (χ0v) is 12.5. The molecule has 1 aromatic heterocycles. The number of pyridine rings is 1. The molecule has 1 aliphatic rings. The normalized spacial score (nSPS) is 15.8. The lowest BCUT2D eigenvalue weighted by atomic mass is 10.1. The zero-order chi connectivity index (χ0) is 14.5. The average Bonchev–Trinajstić information content (AvgIpc) is 2.92. The molecule has 0 unspecified atom stereocenters. The SMILES string of the molecule is CC(C)CN(C(=O)Cc1ccc(N)cn1)C1CCCC1. The molecule has 0 aliphatic heterocycles. The highest BCUT2D eigenvalue weighted by molar-refractivity contribution is 5.78. The molecule has 1 heterocycles. The molecule has 0 atom stereocenters. The van der Waals surface area contributed by atoms with Gasteiger partial charge in [-0.1, -0.05) is 26.7 Å². The van der Waals surface area contributed by atoms with Crippen LogP contribution in [0.25, 0.3) is 0 Å². The van der Waals surface area contributed by atoms with Crippen LogP contribution in [0.1, 0.15) is 45.2 Å². The van der Waals surface area contributed by atoms with E-state index in [2.05, 4.69) is 23.7 Å². The molecule has 1 amide bonds. The van der Waals surface area contributed by atoms with Crippen molar-refractivity contribution in [3.63, 3.8) is 0 Å². The zero-order valence-electron chi connectivity index (χ0n) is 12.5. The molecule has 0 aromatic carbocycles. The van der Waals surface area contributed by atoms with Gasteiger partial charge in [0.2, 0.25) is 5.91 Å². The van der Waals surface area contributed by atoms with Gasteiger partial charge in [-0.2, -0.15) is 0 Å². The van der Waals surface area contributed by atoms with Gasteiger partial charge in [-0.25, -0.2) is 0 Å². The van der Waals surface area contributed by atoms with Crippen molar-refractivity contribution in [2.45, 2.75) is 52.0 Å². The Balaban J connectivity index is 2.03. The number of carbonyl (C=O) groups is 1. The summed E-state index contributed by atoms with van der Waals surface area (Å²) in [6.45, 7) is 5.17. The van der Waals surface area contributed by atoms with Gasteiger partial charge in [-0.3, -0.25) is 9.78 Å². The second-order valence-electron chi connectivity index (χ2n) is 6.14. The van der Waals surface area contributed by atoms with Crippen LogP contribution in [0.15, 0.2) is 18.3 Å². The number of hydrogen-bond acceptors (Lipinski definition) is 3. The Bertz CT molecular complexity index is 436. The van der Waals surface area contributed by atoms with Crippen molar-refractivity contribution >= 4 is 11.6 Å². The Labute approximate surface area is 121 Å². The van der Waals surface area contributed by atoms with Crippen LogP contribution in [0.5, 0.6) is 0 Å². The summed E-state index contributed by atoms with van der Waals surface area (Å²) in [6, 6.07) is 4.08. The van der Waals surface area contributed by atoms with E-state index in [1.807, 2.05) is 6.07 Å². The Morgan fingerprint density at radius 1 is 1.40 bits per heavy atom. The molecule has 110 valence electrons. The third kappa shape index (κ3) is 3.95. The third-order valence-electron chi connectivity index (χ3n) is 3.83. The first-order valence-corrected chi connectivity index (χ1v) is 7.56. The summed E-state index contributed by atoms with van der Waals surface area (Å²) >= 11 is 0. The maximum Gasteiger partial charge on any atom is 0.228 e. The highest BCUT2D eigenvalue weighted by Gasteiger charge is 2.27. The van der Waals surface area contributed by atoms with E-state index in [1.165, 1.54) is 12.8 Å². The molecule has 4 nitrogen and oxygen atoms in total. The molecular weight excluding hydrogens is 250 g/mol. The van der Waals surface area contributed by atoms with E-state index in [-0.39, 0.29) is 5.91 Å². The number of hydrogen-bond donors (Lipinski definition) is 1. The largest absolute Gasteiger partial charge is 0.397 e. The first kappa shape index (κ1) is 14.8. The number of nitrogens with two attached hydrogens (primary N) is 1. The first-order chi connectivity index (χ1) is 9.56. The minimum Gasteiger partial charge on any atom is -0.397 e. The van der Waals surface area contributed by atoms with Crippen LogP contribution in [-0.2, 0) is 11.2 Å². The number of rotatable bonds is 5. The van der Waals surface area contributed by atoms with Crippen LogP contribution in [0, 0.1) is 5.92 Å². The van der Waals surface area contributed by atoms with Crippen LogP contribution in [-0.4, -0.2) is 28.4 Å². The number of carbonyl (C=O) groups excluding carboxylic acids is 1. The first-order valence-electron chi connectivity index (χ1n) is 7.56. The Morgan fingerprint density at radius 3 is 2.65 bits per heavy atom. The van der Waals surface area contributed by atoms with Crippen LogP contribution < -0.4 is 5.73 Å². The van der Waals surface area contributed by atoms with Gasteiger partial charge in [0.1, 0.15) is 0 Å². The van der Waals surface area contributed by atoms with Crippen molar-refractivity contribution in [3.8, 4) is 0 Å². The van der Waals surface area contributed by atoms with Gasteiger partial charge in [0, 0.05) is 18.3 Å². The fourth-order valence-corrected chi connectivity index (χ4v) is 2.86. The molecular formula is C16H25N3O. The molecule has 0 radical (unpaired) electrons. The second kappa shape index (κ2) is 6.73. The molecule has 0 saturated heterocycles. The highest BCUT2D eigenvalue weighted by Crippen LogP contribution is 2.25. The molecule has 1 saturated carbocycles. The fraction of sp³-hybridized carbons (Fsp3) is 0.625. The lowest BCUT2D eigenvalue weighted by molar-refractivity contribution is -0.133. The maximum absolute atomic E-state index is 12.6. The smallest absolute Gasteiger partial charge is 0.228 e. The summed E-state index contributed by atoms with van der Waals surface area (Å²) in [6.07, 6.45) is 6.77. The van der Waals surface area contributed by atoms with E-state index in [4.69, 9.17) is 5.73 Å². The molecule has 2 rings (SSSR count). The van der Waals surface area contributed by atoms with Crippen molar-refractivity contribution < 1.29 is 4.79 Å². The highest BCUT2D eigenvalue weighted by atomic mass is 16.2. The van der Waals surface area contributed by atoms with Crippen LogP contribution in [0.2, 0.25) is 0 Å². The molecule has 0 bridgehead atoms. The van der Waals surface area contributed by atoms with Crippen LogP contribution >= 0.6 is 0 Å². The monoisotopic (exact) mass is 275 g/mol. The summed E-state index contributed by atoms with van der Waals surface area (Å²) in [7, 11) is 0. The number of anilines is 1. The quantitative estimate of drug-likeness (QED) is 0.898. The fourth-order valence-electron chi connectivity index (χ4n) is 2.86.